The SMILES string of the molecule is CC(=O)OC1CC2(C)C(=O)CCC(C)=C2C2OC(=O)C(C)C12. The van der Waals surface area contributed by atoms with Crippen LogP contribution in [-0.4, -0.2) is 29.9 Å². The molecule has 5 heteroatoms. The maximum Gasteiger partial charge on any atom is 0.309 e. The molecule has 5 nitrogen and oxygen atoms in total. The third-order valence-electron chi connectivity index (χ3n) is 5.58. The Kier molecular flexibility index (Phi) is 3.42. The maximum absolute atomic E-state index is 12.6. The molecule has 22 heavy (non-hydrogen) atoms. The number of hydrogen-bond acceptors (Lipinski definition) is 5. The van der Waals surface area contributed by atoms with Crippen LogP contribution in [0, 0.1) is 17.3 Å². The summed E-state index contributed by atoms with van der Waals surface area (Å²) in [6.45, 7) is 7.09. The van der Waals surface area contributed by atoms with Crippen molar-refractivity contribution < 1.29 is 23.9 Å². The van der Waals surface area contributed by atoms with Crippen molar-refractivity contribution in [2.45, 2.75) is 59.2 Å². The quantitative estimate of drug-likeness (QED) is 0.548. The number of Topliss-reactive ketones (excluding diaryl/α,β-unsaturated/α-hetero) is 1. The van der Waals surface area contributed by atoms with Gasteiger partial charge in [-0.15, -0.1) is 0 Å². The van der Waals surface area contributed by atoms with Crippen LogP contribution in [0.25, 0.3) is 0 Å². The van der Waals surface area contributed by atoms with E-state index in [4.69, 9.17) is 9.47 Å². The molecule has 1 aliphatic heterocycles. The molecule has 0 radical (unpaired) electrons. The Bertz CT molecular complexity index is 590. The van der Waals surface area contributed by atoms with Crippen LogP contribution >= 0.6 is 0 Å². The van der Waals surface area contributed by atoms with Crippen molar-refractivity contribution in [1.29, 1.82) is 0 Å². The second-order valence-corrected chi connectivity index (χ2v) is 7.02. The zero-order valence-corrected chi connectivity index (χ0v) is 13.5. The Hall–Kier alpha value is -1.65. The molecule has 2 fully saturated rings. The van der Waals surface area contributed by atoms with Crippen LogP contribution in [0.4, 0.5) is 0 Å². The average molecular weight is 306 g/mol. The van der Waals surface area contributed by atoms with Gasteiger partial charge in [-0.2, -0.15) is 0 Å². The number of hydrogen-bond donors (Lipinski definition) is 0. The van der Waals surface area contributed by atoms with E-state index in [0.29, 0.717) is 12.8 Å². The van der Waals surface area contributed by atoms with Gasteiger partial charge < -0.3 is 9.47 Å². The minimum absolute atomic E-state index is 0.152. The zero-order chi connectivity index (χ0) is 16.2. The highest BCUT2D eigenvalue weighted by molar-refractivity contribution is 5.90. The van der Waals surface area contributed by atoms with Gasteiger partial charge in [0.2, 0.25) is 0 Å². The molecule has 0 aromatic heterocycles. The number of allylic oxidation sites excluding steroid dienone is 1. The lowest BCUT2D eigenvalue weighted by molar-refractivity contribution is -0.158. The lowest BCUT2D eigenvalue weighted by Crippen LogP contribution is -2.52. The number of ether oxygens (including phenoxy) is 2. The summed E-state index contributed by atoms with van der Waals surface area (Å²) in [5.41, 5.74) is 1.41. The van der Waals surface area contributed by atoms with E-state index < -0.39 is 17.6 Å². The zero-order valence-electron chi connectivity index (χ0n) is 13.5. The largest absolute Gasteiger partial charge is 0.462 e. The smallest absolute Gasteiger partial charge is 0.309 e. The number of esters is 2. The highest BCUT2D eigenvalue weighted by Crippen LogP contribution is 2.54. The van der Waals surface area contributed by atoms with E-state index in [2.05, 4.69) is 0 Å². The van der Waals surface area contributed by atoms with Crippen molar-refractivity contribution in [1.82, 2.24) is 0 Å². The van der Waals surface area contributed by atoms with Gasteiger partial charge in [-0.1, -0.05) is 12.5 Å². The van der Waals surface area contributed by atoms with E-state index in [1.807, 2.05) is 20.8 Å². The van der Waals surface area contributed by atoms with Crippen LogP contribution in [0.15, 0.2) is 11.1 Å². The summed E-state index contributed by atoms with van der Waals surface area (Å²) in [7, 11) is 0. The van der Waals surface area contributed by atoms with E-state index >= 15 is 0 Å². The average Bonchev–Trinajstić information content (AvgIpc) is 2.70. The number of fused-ring (bicyclic) bond motifs is 3. The van der Waals surface area contributed by atoms with Crippen molar-refractivity contribution in [3.05, 3.63) is 11.1 Å². The third-order valence-corrected chi connectivity index (χ3v) is 5.58. The molecule has 1 saturated heterocycles. The van der Waals surface area contributed by atoms with Crippen LogP contribution in [0.2, 0.25) is 0 Å². The van der Waals surface area contributed by atoms with Crippen LogP contribution in [0.5, 0.6) is 0 Å². The fourth-order valence-corrected chi connectivity index (χ4v) is 4.48. The van der Waals surface area contributed by atoms with E-state index in [1.165, 1.54) is 6.92 Å². The Balaban J connectivity index is 2.10. The maximum atomic E-state index is 12.6. The molecular weight excluding hydrogens is 284 g/mol. The van der Waals surface area contributed by atoms with Gasteiger partial charge in [-0.25, -0.2) is 0 Å². The lowest BCUT2D eigenvalue weighted by Gasteiger charge is -2.47. The lowest BCUT2D eigenvalue weighted by atomic mass is 9.58. The first-order valence-corrected chi connectivity index (χ1v) is 7.87. The topological polar surface area (TPSA) is 69.7 Å². The molecule has 0 N–H and O–H groups in total. The molecule has 5 unspecified atom stereocenters. The molecule has 0 aromatic carbocycles. The van der Waals surface area contributed by atoms with Gasteiger partial charge in [0.25, 0.3) is 0 Å². The summed E-state index contributed by atoms with van der Waals surface area (Å²) in [6.07, 6.45) is 0.777. The Morgan fingerprint density at radius 1 is 1.32 bits per heavy atom. The first kappa shape index (κ1) is 15.3. The molecule has 0 bridgehead atoms. The monoisotopic (exact) mass is 306 g/mol. The van der Waals surface area contributed by atoms with E-state index in [9.17, 15) is 14.4 Å². The highest BCUT2D eigenvalue weighted by Gasteiger charge is 2.60. The highest BCUT2D eigenvalue weighted by atomic mass is 16.6. The van der Waals surface area contributed by atoms with Crippen molar-refractivity contribution in [2.24, 2.45) is 17.3 Å². The molecular formula is C17H22O5. The molecule has 2 aliphatic carbocycles. The Morgan fingerprint density at radius 2 is 2.00 bits per heavy atom. The molecule has 3 rings (SSSR count). The predicted molar refractivity (Wildman–Crippen MR) is 77.8 cm³/mol. The molecule has 0 aromatic rings. The van der Waals surface area contributed by atoms with Gasteiger partial charge in [0.1, 0.15) is 18.0 Å². The molecule has 5 atom stereocenters. The molecule has 3 aliphatic rings. The van der Waals surface area contributed by atoms with Gasteiger partial charge in [-0.05, 0) is 25.8 Å². The van der Waals surface area contributed by atoms with Gasteiger partial charge in [-0.3, -0.25) is 14.4 Å². The summed E-state index contributed by atoms with van der Waals surface area (Å²) < 4.78 is 11.1. The second kappa shape index (κ2) is 4.93. The van der Waals surface area contributed by atoms with Crippen molar-refractivity contribution in [3.8, 4) is 0 Å². The predicted octanol–water partition coefficient (Wildman–Crippen LogP) is 2.19. The van der Waals surface area contributed by atoms with E-state index in [0.717, 1.165) is 17.6 Å². The van der Waals surface area contributed by atoms with E-state index in [-0.39, 0.29) is 29.6 Å². The number of rotatable bonds is 1. The van der Waals surface area contributed by atoms with Crippen LogP contribution in [-0.2, 0) is 23.9 Å². The molecule has 0 spiro atoms. The van der Waals surface area contributed by atoms with Crippen molar-refractivity contribution >= 4 is 17.7 Å². The normalized spacial score (nSPS) is 40.9. The fourth-order valence-electron chi connectivity index (χ4n) is 4.48. The third kappa shape index (κ3) is 2.02. The summed E-state index contributed by atoms with van der Waals surface area (Å²) in [6, 6.07) is 0. The molecule has 120 valence electrons. The van der Waals surface area contributed by atoms with Gasteiger partial charge in [0, 0.05) is 19.8 Å². The molecule has 1 saturated carbocycles. The summed E-state index contributed by atoms with van der Waals surface area (Å²) in [5, 5.41) is 0. The minimum atomic E-state index is -0.687. The molecule has 0 amide bonds. The summed E-state index contributed by atoms with van der Waals surface area (Å²) >= 11 is 0. The first-order chi connectivity index (χ1) is 10.3. The van der Waals surface area contributed by atoms with Crippen LogP contribution < -0.4 is 0 Å². The fraction of sp³-hybridized carbons (Fsp3) is 0.706. The minimum Gasteiger partial charge on any atom is -0.462 e. The number of carbonyl (C=O) groups excluding carboxylic acids is 3. The van der Waals surface area contributed by atoms with Crippen LogP contribution in [0.3, 0.4) is 0 Å². The van der Waals surface area contributed by atoms with Gasteiger partial charge in [0.05, 0.1) is 17.3 Å². The summed E-state index contributed by atoms with van der Waals surface area (Å²) in [5.74, 6) is -1.02. The van der Waals surface area contributed by atoms with Crippen molar-refractivity contribution in [3.63, 3.8) is 0 Å². The van der Waals surface area contributed by atoms with Gasteiger partial charge >= 0.3 is 11.9 Å². The van der Waals surface area contributed by atoms with Crippen molar-refractivity contribution in [2.75, 3.05) is 0 Å². The molecule has 1 heterocycles. The second-order valence-electron chi connectivity index (χ2n) is 7.02. The van der Waals surface area contributed by atoms with E-state index in [1.54, 1.807) is 0 Å². The summed E-state index contributed by atoms with van der Waals surface area (Å²) in [4.78, 5) is 36.1. The standard InChI is InChI=1S/C17H22O5/c1-8-5-6-12(19)17(4)7-11(21-10(3)18)13-9(2)16(20)22-15(13)14(8)17/h9,11,13,15H,5-7H2,1-4H3. The Morgan fingerprint density at radius 3 is 2.64 bits per heavy atom. The van der Waals surface area contributed by atoms with Crippen LogP contribution in [0.1, 0.15) is 47.0 Å². The number of ketones is 1. The number of carbonyl (C=O) groups is 3. The Labute approximate surface area is 130 Å². The van der Waals surface area contributed by atoms with Gasteiger partial charge in [0.15, 0.2) is 0 Å². The first-order valence-electron chi connectivity index (χ1n) is 7.87.